The molecule has 1 aliphatic carbocycles. The van der Waals surface area contributed by atoms with E-state index >= 15 is 0 Å². The molecule has 0 unspecified atom stereocenters. The van der Waals surface area contributed by atoms with Crippen LogP contribution >= 0.6 is 0 Å². The zero-order valence-corrected chi connectivity index (χ0v) is 13.5. The van der Waals surface area contributed by atoms with E-state index in [2.05, 4.69) is 13.0 Å². The van der Waals surface area contributed by atoms with Gasteiger partial charge in [0.15, 0.2) is 0 Å². The number of nitrogens with zero attached hydrogens (tertiary/aromatic N) is 2. The fraction of sp³-hybridized carbons (Fsp3) is 0.556. The van der Waals surface area contributed by atoms with Crippen LogP contribution in [0.3, 0.4) is 0 Å². The summed E-state index contributed by atoms with van der Waals surface area (Å²) in [6.07, 6.45) is 4.31. The van der Waals surface area contributed by atoms with E-state index in [0.29, 0.717) is 19.4 Å². The maximum Gasteiger partial charge on any atom is 0.242 e. The van der Waals surface area contributed by atoms with Gasteiger partial charge in [-0.15, -0.1) is 0 Å². The lowest BCUT2D eigenvalue weighted by Gasteiger charge is -2.27. The highest BCUT2D eigenvalue weighted by Crippen LogP contribution is 2.50. The maximum atomic E-state index is 13.0. The van der Waals surface area contributed by atoms with Crippen LogP contribution in [-0.2, 0) is 16.0 Å². The number of benzene rings is 1. The molecule has 2 aliphatic rings. The highest BCUT2D eigenvalue weighted by atomic mass is 16.2. The predicted octanol–water partition coefficient (Wildman–Crippen LogP) is 2.61. The van der Waals surface area contributed by atoms with Crippen molar-refractivity contribution >= 4 is 17.5 Å². The molecule has 3 rings (SSSR count). The molecule has 0 bridgehead atoms. The van der Waals surface area contributed by atoms with Crippen molar-refractivity contribution in [3.63, 3.8) is 0 Å². The molecule has 0 saturated heterocycles. The van der Waals surface area contributed by atoms with Crippen molar-refractivity contribution in [3.8, 4) is 0 Å². The Morgan fingerprint density at radius 2 is 2.00 bits per heavy atom. The summed E-state index contributed by atoms with van der Waals surface area (Å²) < 4.78 is 0. The minimum atomic E-state index is -0.778. The number of anilines is 1. The van der Waals surface area contributed by atoms with Crippen LogP contribution in [0.1, 0.15) is 38.2 Å². The summed E-state index contributed by atoms with van der Waals surface area (Å²) in [5.41, 5.74) is 1.42. The Hall–Kier alpha value is -1.84. The molecule has 22 heavy (non-hydrogen) atoms. The lowest BCUT2D eigenvalue weighted by molar-refractivity contribution is -0.142. The molecule has 4 heteroatoms. The van der Waals surface area contributed by atoms with Crippen molar-refractivity contribution in [1.82, 2.24) is 4.90 Å². The molecule has 1 aliphatic heterocycles. The van der Waals surface area contributed by atoms with Gasteiger partial charge in [-0.2, -0.15) is 0 Å². The number of para-hydroxylation sites is 1. The van der Waals surface area contributed by atoms with Crippen LogP contribution in [0.4, 0.5) is 5.69 Å². The third-order valence-electron chi connectivity index (χ3n) is 4.89. The average molecular weight is 300 g/mol. The number of fused-ring (bicyclic) bond motifs is 1. The van der Waals surface area contributed by atoms with Crippen molar-refractivity contribution in [3.05, 3.63) is 29.8 Å². The number of carbonyl (C=O) groups excluding carboxylic acids is 2. The first kappa shape index (κ1) is 15.1. The molecule has 1 aromatic carbocycles. The van der Waals surface area contributed by atoms with Gasteiger partial charge in [0.25, 0.3) is 0 Å². The van der Waals surface area contributed by atoms with E-state index in [0.717, 1.165) is 31.5 Å². The monoisotopic (exact) mass is 300 g/mol. The molecule has 0 radical (unpaired) electrons. The van der Waals surface area contributed by atoms with Crippen molar-refractivity contribution < 1.29 is 9.59 Å². The third-order valence-corrected chi connectivity index (χ3v) is 4.89. The Labute approximate surface area is 132 Å². The van der Waals surface area contributed by atoms with E-state index < -0.39 is 5.41 Å². The Kier molecular flexibility index (Phi) is 3.94. The standard InChI is InChI=1S/C18H24N2O2/c1-3-4-12-19(2)16(21)18(10-11-18)17(22)20-13-9-14-7-5-6-8-15(14)20/h5-8H,3-4,9-13H2,1-2H3. The predicted molar refractivity (Wildman–Crippen MR) is 86.7 cm³/mol. The van der Waals surface area contributed by atoms with E-state index in [4.69, 9.17) is 0 Å². The van der Waals surface area contributed by atoms with E-state index in [1.54, 1.807) is 4.90 Å². The van der Waals surface area contributed by atoms with Gasteiger partial charge in [-0.05, 0) is 37.3 Å². The Balaban J connectivity index is 1.76. The second-order valence-corrected chi connectivity index (χ2v) is 6.50. The van der Waals surface area contributed by atoms with Gasteiger partial charge in [-0.25, -0.2) is 0 Å². The van der Waals surface area contributed by atoms with Crippen LogP contribution in [0.5, 0.6) is 0 Å². The Bertz CT molecular complexity index is 593. The molecule has 1 fully saturated rings. The van der Waals surface area contributed by atoms with Gasteiger partial charge in [0.2, 0.25) is 11.8 Å². The second kappa shape index (κ2) is 5.75. The van der Waals surface area contributed by atoms with Gasteiger partial charge < -0.3 is 9.80 Å². The van der Waals surface area contributed by atoms with Crippen molar-refractivity contribution in [2.24, 2.45) is 5.41 Å². The first-order valence-corrected chi connectivity index (χ1v) is 8.25. The summed E-state index contributed by atoms with van der Waals surface area (Å²) in [5.74, 6) is 0.0149. The molecular weight excluding hydrogens is 276 g/mol. The van der Waals surface area contributed by atoms with Crippen molar-refractivity contribution in [1.29, 1.82) is 0 Å². The minimum absolute atomic E-state index is 0.00537. The summed E-state index contributed by atoms with van der Waals surface area (Å²) >= 11 is 0. The molecule has 0 atom stereocenters. The number of rotatable bonds is 5. The number of unbranched alkanes of at least 4 members (excludes halogenated alkanes) is 1. The van der Waals surface area contributed by atoms with Crippen molar-refractivity contribution in [2.75, 3.05) is 25.0 Å². The molecule has 118 valence electrons. The fourth-order valence-corrected chi connectivity index (χ4v) is 3.31. The molecule has 0 N–H and O–H groups in total. The lowest BCUT2D eigenvalue weighted by atomic mass is 10.0. The fourth-order valence-electron chi connectivity index (χ4n) is 3.31. The summed E-state index contributed by atoms with van der Waals surface area (Å²) in [6.45, 7) is 3.55. The zero-order chi connectivity index (χ0) is 15.7. The summed E-state index contributed by atoms with van der Waals surface area (Å²) in [6, 6.07) is 8.02. The SMILES string of the molecule is CCCCN(C)C(=O)C1(C(=O)N2CCc3ccccc32)CC1. The molecule has 1 heterocycles. The normalized spacial score (nSPS) is 18.0. The number of amides is 2. The molecule has 1 saturated carbocycles. The smallest absolute Gasteiger partial charge is 0.242 e. The molecule has 4 nitrogen and oxygen atoms in total. The second-order valence-electron chi connectivity index (χ2n) is 6.50. The number of hydrogen-bond acceptors (Lipinski definition) is 2. The van der Waals surface area contributed by atoms with Crippen LogP contribution < -0.4 is 4.90 Å². The molecule has 2 amide bonds. The Morgan fingerprint density at radius 3 is 2.68 bits per heavy atom. The maximum absolute atomic E-state index is 13.0. The summed E-state index contributed by atoms with van der Waals surface area (Å²) in [5, 5.41) is 0. The summed E-state index contributed by atoms with van der Waals surface area (Å²) in [4.78, 5) is 29.3. The van der Waals surface area contributed by atoms with Gasteiger partial charge in [-0.3, -0.25) is 9.59 Å². The first-order chi connectivity index (χ1) is 10.6. The largest absolute Gasteiger partial charge is 0.345 e. The molecular formula is C18H24N2O2. The quantitative estimate of drug-likeness (QED) is 0.784. The van der Waals surface area contributed by atoms with Gasteiger partial charge in [-0.1, -0.05) is 31.5 Å². The van der Waals surface area contributed by atoms with Crippen molar-refractivity contribution in [2.45, 2.75) is 39.0 Å². The van der Waals surface area contributed by atoms with Crippen LogP contribution in [0.15, 0.2) is 24.3 Å². The van der Waals surface area contributed by atoms with Crippen LogP contribution in [-0.4, -0.2) is 36.9 Å². The highest BCUT2D eigenvalue weighted by molar-refractivity contribution is 6.14. The van der Waals surface area contributed by atoms with Crippen LogP contribution in [0, 0.1) is 5.41 Å². The minimum Gasteiger partial charge on any atom is -0.345 e. The van der Waals surface area contributed by atoms with Crippen LogP contribution in [0.25, 0.3) is 0 Å². The van der Waals surface area contributed by atoms with Gasteiger partial charge in [0.1, 0.15) is 5.41 Å². The van der Waals surface area contributed by atoms with Crippen LogP contribution in [0.2, 0.25) is 0 Å². The first-order valence-electron chi connectivity index (χ1n) is 8.25. The molecule has 0 spiro atoms. The summed E-state index contributed by atoms with van der Waals surface area (Å²) in [7, 11) is 1.82. The van der Waals surface area contributed by atoms with Gasteiger partial charge >= 0.3 is 0 Å². The number of carbonyl (C=O) groups is 2. The van der Waals surface area contributed by atoms with Gasteiger partial charge in [0.05, 0.1) is 0 Å². The average Bonchev–Trinajstić information content (AvgIpc) is 3.24. The Morgan fingerprint density at radius 1 is 1.27 bits per heavy atom. The third kappa shape index (κ3) is 2.40. The highest BCUT2D eigenvalue weighted by Gasteiger charge is 2.59. The zero-order valence-electron chi connectivity index (χ0n) is 13.5. The van der Waals surface area contributed by atoms with E-state index in [9.17, 15) is 9.59 Å². The van der Waals surface area contributed by atoms with E-state index in [1.165, 1.54) is 5.56 Å². The van der Waals surface area contributed by atoms with Gasteiger partial charge in [0, 0.05) is 25.8 Å². The van der Waals surface area contributed by atoms with E-state index in [1.807, 2.05) is 30.1 Å². The molecule has 1 aromatic rings. The lowest BCUT2D eigenvalue weighted by Crippen LogP contribution is -2.45. The molecule has 0 aromatic heterocycles. The van der Waals surface area contributed by atoms with E-state index in [-0.39, 0.29) is 11.8 Å². The topological polar surface area (TPSA) is 40.6 Å². The number of hydrogen-bond donors (Lipinski definition) is 0.